The molecule has 1 aromatic heterocycles. The van der Waals surface area contributed by atoms with Gasteiger partial charge in [-0.05, 0) is 12.3 Å². The van der Waals surface area contributed by atoms with Crippen LogP contribution in [0.15, 0.2) is 30.3 Å². The first-order chi connectivity index (χ1) is 9.60. The largest absolute Gasteiger partial charge is 0.302 e. The van der Waals surface area contributed by atoms with Crippen LogP contribution in [0.5, 0.6) is 0 Å². The third-order valence-electron chi connectivity index (χ3n) is 2.91. The average Bonchev–Trinajstić information content (AvgIpc) is 2.81. The van der Waals surface area contributed by atoms with Gasteiger partial charge < -0.3 is 5.32 Å². The zero-order valence-corrected chi connectivity index (χ0v) is 13.0. The molecule has 0 aliphatic carbocycles. The highest BCUT2D eigenvalue weighted by atomic mass is 32.1. The second-order valence-electron chi connectivity index (χ2n) is 5.16. The number of anilines is 1. The summed E-state index contributed by atoms with van der Waals surface area (Å²) in [6.07, 6.45) is 1.45. The number of carbonyl (C=O) groups excluding carboxylic acids is 1. The number of hydrogen-bond donors (Lipinski definition) is 1. The van der Waals surface area contributed by atoms with Crippen LogP contribution < -0.4 is 5.32 Å². The summed E-state index contributed by atoms with van der Waals surface area (Å²) in [4.78, 5) is 17.6. The Morgan fingerprint density at radius 1 is 1.30 bits per heavy atom. The molecule has 0 spiro atoms. The van der Waals surface area contributed by atoms with E-state index in [1.807, 2.05) is 44.2 Å². The summed E-state index contributed by atoms with van der Waals surface area (Å²) in [5, 5.41) is 3.61. The number of aromatic nitrogens is 1. The van der Waals surface area contributed by atoms with E-state index in [0.717, 1.165) is 17.7 Å². The van der Waals surface area contributed by atoms with Gasteiger partial charge in [0.05, 0.1) is 5.69 Å². The van der Waals surface area contributed by atoms with Crippen LogP contribution in [0.4, 0.5) is 5.13 Å². The van der Waals surface area contributed by atoms with E-state index in [2.05, 4.69) is 17.2 Å². The van der Waals surface area contributed by atoms with Gasteiger partial charge in [-0.15, -0.1) is 11.3 Å². The maximum absolute atomic E-state index is 11.8. The second-order valence-corrected chi connectivity index (χ2v) is 6.24. The minimum absolute atomic E-state index is 0.0380. The maximum Gasteiger partial charge on any atom is 0.226 e. The molecule has 2 rings (SSSR count). The molecular formula is C16H20N2OS. The predicted molar refractivity (Wildman–Crippen MR) is 85.0 cm³/mol. The first-order valence-corrected chi connectivity index (χ1v) is 7.76. The van der Waals surface area contributed by atoms with Gasteiger partial charge in [0, 0.05) is 16.9 Å². The predicted octanol–water partition coefficient (Wildman–Crippen LogP) is 4.36. The van der Waals surface area contributed by atoms with Crippen LogP contribution in [0.1, 0.15) is 32.1 Å². The molecule has 1 amide bonds. The lowest BCUT2D eigenvalue weighted by Gasteiger charge is -2.03. The Morgan fingerprint density at radius 3 is 2.60 bits per heavy atom. The fraction of sp³-hybridized carbons (Fsp3) is 0.375. The van der Waals surface area contributed by atoms with Crippen LogP contribution in [-0.4, -0.2) is 10.9 Å². The van der Waals surface area contributed by atoms with Gasteiger partial charge in [0.15, 0.2) is 5.13 Å². The van der Waals surface area contributed by atoms with E-state index < -0.39 is 0 Å². The van der Waals surface area contributed by atoms with Crippen molar-refractivity contribution in [2.75, 3.05) is 5.32 Å². The molecule has 0 fully saturated rings. The summed E-state index contributed by atoms with van der Waals surface area (Å²) < 4.78 is 0. The average molecular weight is 288 g/mol. The molecule has 0 aliphatic heterocycles. The van der Waals surface area contributed by atoms with Crippen molar-refractivity contribution in [3.63, 3.8) is 0 Å². The van der Waals surface area contributed by atoms with Crippen molar-refractivity contribution >= 4 is 22.4 Å². The van der Waals surface area contributed by atoms with Gasteiger partial charge in [-0.2, -0.15) is 0 Å². The molecular weight excluding hydrogens is 268 g/mol. The van der Waals surface area contributed by atoms with E-state index in [9.17, 15) is 4.79 Å². The van der Waals surface area contributed by atoms with Gasteiger partial charge in [-0.25, -0.2) is 4.98 Å². The Morgan fingerprint density at radius 2 is 2.00 bits per heavy atom. The lowest BCUT2D eigenvalue weighted by atomic mass is 10.1. The van der Waals surface area contributed by atoms with Gasteiger partial charge >= 0.3 is 0 Å². The molecule has 0 saturated carbocycles. The van der Waals surface area contributed by atoms with Crippen LogP contribution in [0.3, 0.4) is 0 Å². The molecule has 2 aromatic rings. The van der Waals surface area contributed by atoms with Crippen LogP contribution in [-0.2, 0) is 11.2 Å². The van der Waals surface area contributed by atoms with Crippen molar-refractivity contribution in [2.24, 2.45) is 5.92 Å². The standard InChI is InChI=1S/C16H20N2OS/c1-4-13-15(12-8-6-5-7-9-12)18-16(20-13)17-14(19)10-11(2)3/h5-9,11H,4,10H2,1-3H3,(H,17,18,19). The molecule has 0 bridgehead atoms. The summed E-state index contributed by atoms with van der Waals surface area (Å²) in [6, 6.07) is 10.1. The van der Waals surface area contributed by atoms with Crippen LogP contribution >= 0.6 is 11.3 Å². The van der Waals surface area contributed by atoms with Gasteiger partial charge in [0.1, 0.15) is 0 Å². The van der Waals surface area contributed by atoms with Gasteiger partial charge in [0.25, 0.3) is 0 Å². The van der Waals surface area contributed by atoms with E-state index in [-0.39, 0.29) is 5.91 Å². The molecule has 0 aliphatic rings. The zero-order chi connectivity index (χ0) is 14.5. The molecule has 106 valence electrons. The molecule has 3 nitrogen and oxygen atoms in total. The number of thiazole rings is 1. The molecule has 0 radical (unpaired) electrons. The van der Waals surface area contributed by atoms with Gasteiger partial charge in [0.2, 0.25) is 5.91 Å². The number of aryl methyl sites for hydroxylation is 1. The number of carbonyl (C=O) groups is 1. The van der Waals surface area contributed by atoms with E-state index in [1.165, 1.54) is 4.88 Å². The van der Waals surface area contributed by atoms with E-state index in [4.69, 9.17) is 0 Å². The van der Waals surface area contributed by atoms with E-state index in [1.54, 1.807) is 11.3 Å². The van der Waals surface area contributed by atoms with Crippen molar-refractivity contribution in [1.29, 1.82) is 0 Å². The first kappa shape index (κ1) is 14.7. The second kappa shape index (κ2) is 6.66. The monoisotopic (exact) mass is 288 g/mol. The molecule has 0 atom stereocenters. The Balaban J connectivity index is 2.21. The van der Waals surface area contributed by atoms with Crippen molar-refractivity contribution < 1.29 is 4.79 Å². The fourth-order valence-electron chi connectivity index (χ4n) is 2.01. The van der Waals surface area contributed by atoms with Crippen molar-refractivity contribution in [3.8, 4) is 11.3 Å². The number of rotatable bonds is 5. The molecule has 0 unspecified atom stereocenters. The maximum atomic E-state index is 11.8. The third kappa shape index (κ3) is 3.67. The fourth-order valence-corrected chi connectivity index (χ4v) is 2.95. The minimum atomic E-state index is 0.0380. The molecule has 20 heavy (non-hydrogen) atoms. The number of nitrogens with zero attached hydrogens (tertiary/aromatic N) is 1. The zero-order valence-electron chi connectivity index (χ0n) is 12.1. The highest BCUT2D eigenvalue weighted by Crippen LogP contribution is 2.31. The summed E-state index contributed by atoms with van der Waals surface area (Å²) in [5.41, 5.74) is 2.09. The quantitative estimate of drug-likeness (QED) is 0.888. The smallest absolute Gasteiger partial charge is 0.226 e. The van der Waals surface area contributed by atoms with Crippen molar-refractivity contribution in [2.45, 2.75) is 33.6 Å². The van der Waals surface area contributed by atoms with Crippen LogP contribution in [0.2, 0.25) is 0 Å². The summed E-state index contributed by atoms with van der Waals surface area (Å²) >= 11 is 1.57. The number of amides is 1. The lowest BCUT2D eigenvalue weighted by Crippen LogP contribution is -2.13. The van der Waals surface area contributed by atoms with Gasteiger partial charge in [-0.1, -0.05) is 51.1 Å². The topological polar surface area (TPSA) is 42.0 Å². The van der Waals surface area contributed by atoms with Crippen molar-refractivity contribution in [3.05, 3.63) is 35.2 Å². The Labute approximate surface area is 124 Å². The number of benzene rings is 1. The molecule has 4 heteroatoms. The Bertz CT molecular complexity index is 575. The highest BCUT2D eigenvalue weighted by Gasteiger charge is 2.13. The number of hydrogen-bond acceptors (Lipinski definition) is 3. The number of nitrogens with one attached hydrogen (secondary N) is 1. The van der Waals surface area contributed by atoms with Crippen LogP contribution in [0.25, 0.3) is 11.3 Å². The Kier molecular flexibility index (Phi) is 4.90. The summed E-state index contributed by atoms with van der Waals surface area (Å²) in [6.45, 7) is 6.18. The van der Waals surface area contributed by atoms with E-state index in [0.29, 0.717) is 17.5 Å². The van der Waals surface area contributed by atoms with Crippen LogP contribution in [0, 0.1) is 5.92 Å². The summed E-state index contributed by atoms with van der Waals surface area (Å²) in [5.74, 6) is 0.394. The first-order valence-electron chi connectivity index (χ1n) is 6.95. The molecule has 1 aromatic carbocycles. The molecule has 1 N–H and O–H groups in total. The van der Waals surface area contributed by atoms with Crippen molar-refractivity contribution in [1.82, 2.24) is 4.98 Å². The highest BCUT2D eigenvalue weighted by molar-refractivity contribution is 7.16. The molecule has 1 heterocycles. The van der Waals surface area contributed by atoms with E-state index >= 15 is 0 Å². The molecule has 0 saturated heterocycles. The third-order valence-corrected chi connectivity index (χ3v) is 4.02. The van der Waals surface area contributed by atoms with Gasteiger partial charge in [-0.3, -0.25) is 4.79 Å². The minimum Gasteiger partial charge on any atom is -0.302 e. The summed E-state index contributed by atoms with van der Waals surface area (Å²) in [7, 11) is 0. The SMILES string of the molecule is CCc1sc(NC(=O)CC(C)C)nc1-c1ccccc1. The lowest BCUT2D eigenvalue weighted by molar-refractivity contribution is -0.116. The normalized spacial score (nSPS) is 10.8. The Hall–Kier alpha value is -1.68.